The van der Waals surface area contributed by atoms with Gasteiger partial charge in [-0.2, -0.15) is 0 Å². The summed E-state index contributed by atoms with van der Waals surface area (Å²) in [5.41, 5.74) is 2.48. The minimum atomic E-state index is 0.532. The molecule has 0 aliphatic heterocycles. The molecule has 0 radical (unpaired) electrons. The lowest BCUT2D eigenvalue weighted by Crippen LogP contribution is -1.85. The molecule has 0 bridgehead atoms. The van der Waals surface area contributed by atoms with Crippen LogP contribution in [0.25, 0.3) is 0 Å². The van der Waals surface area contributed by atoms with Crippen molar-refractivity contribution in [3.05, 3.63) is 33.8 Å². The van der Waals surface area contributed by atoms with Crippen molar-refractivity contribution in [2.24, 2.45) is 0 Å². The summed E-state index contributed by atoms with van der Waals surface area (Å²) in [6.07, 6.45) is 0. The van der Waals surface area contributed by atoms with Crippen LogP contribution in [0.4, 0.5) is 0 Å². The summed E-state index contributed by atoms with van der Waals surface area (Å²) >= 11 is 5.71. The fourth-order valence-corrected chi connectivity index (χ4v) is 1.95. The molecule has 1 aromatic carbocycles. The van der Waals surface area contributed by atoms with E-state index in [1.165, 1.54) is 11.1 Å². The van der Waals surface area contributed by atoms with Crippen molar-refractivity contribution in [3.8, 4) is 0 Å². The Morgan fingerprint density at radius 3 is 2.92 bits per heavy atom. The Balaban J connectivity index is 2.69. The van der Waals surface area contributed by atoms with Crippen LogP contribution in [0.5, 0.6) is 0 Å². The van der Waals surface area contributed by atoms with Gasteiger partial charge in [-0.05, 0) is 46.2 Å². The predicted octanol–water partition coefficient (Wildman–Crippen LogP) is 4.22. The molecule has 0 aromatic heterocycles. The van der Waals surface area contributed by atoms with E-state index in [1.54, 1.807) is 0 Å². The van der Waals surface area contributed by atoms with Gasteiger partial charge in [-0.1, -0.05) is 28.1 Å². The van der Waals surface area contributed by atoms with Crippen molar-refractivity contribution in [3.63, 3.8) is 0 Å². The third kappa shape index (κ3) is 3.29. The number of rotatable bonds is 3. The first-order chi connectivity index (χ1) is 5.74. The van der Waals surface area contributed by atoms with E-state index in [2.05, 4.69) is 63.1 Å². The predicted molar refractivity (Wildman–Crippen MR) is 66.0 cm³/mol. The minimum Gasteiger partial charge on any atom is -0.347 e. The summed E-state index contributed by atoms with van der Waals surface area (Å²) in [4.78, 5) is 0. The van der Waals surface area contributed by atoms with Gasteiger partial charge in [-0.25, -0.2) is 0 Å². The molecular formula is C8H9BrIOP. The fourth-order valence-electron chi connectivity index (χ4n) is 0.837. The summed E-state index contributed by atoms with van der Waals surface area (Å²) in [5, 5.41) is 0. The zero-order valence-electron chi connectivity index (χ0n) is 6.60. The van der Waals surface area contributed by atoms with Crippen LogP contribution in [0.3, 0.4) is 0 Å². The van der Waals surface area contributed by atoms with Crippen LogP contribution < -0.4 is 0 Å². The minimum absolute atomic E-state index is 0.532. The fraction of sp³-hybridized carbons (Fsp3) is 0.250. The highest BCUT2D eigenvalue weighted by Crippen LogP contribution is 2.25. The molecule has 0 aliphatic carbocycles. The molecule has 1 unspecified atom stereocenters. The Bertz CT molecular complexity index is 267. The smallest absolute Gasteiger partial charge is 0.0798 e. The van der Waals surface area contributed by atoms with Crippen LogP contribution in [0.2, 0.25) is 0 Å². The number of hydrogen-bond donors (Lipinski definition) is 0. The van der Waals surface area contributed by atoms with E-state index in [9.17, 15) is 0 Å². The highest BCUT2D eigenvalue weighted by atomic mass is 127. The van der Waals surface area contributed by atoms with Gasteiger partial charge in [-0.3, -0.25) is 0 Å². The molecule has 1 rings (SSSR count). The number of halogens is 2. The van der Waals surface area contributed by atoms with Gasteiger partial charge in [0.05, 0.1) is 13.1 Å². The molecule has 1 nitrogen and oxygen atoms in total. The van der Waals surface area contributed by atoms with Crippen molar-refractivity contribution in [2.45, 2.75) is 13.5 Å². The highest BCUT2D eigenvalue weighted by molar-refractivity contribution is 14.2. The van der Waals surface area contributed by atoms with E-state index < -0.39 is 0 Å². The Labute approximate surface area is 95.8 Å². The van der Waals surface area contributed by atoms with Gasteiger partial charge in [0.2, 0.25) is 0 Å². The zero-order chi connectivity index (χ0) is 8.97. The SMILES string of the molecule is Cc1ccc(COPI)cc1Br. The van der Waals surface area contributed by atoms with E-state index in [-0.39, 0.29) is 0 Å². The largest absolute Gasteiger partial charge is 0.347 e. The molecule has 12 heavy (non-hydrogen) atoms. The molecule has 0 spiro atoms. The van der Waals surface area contributed by atoms with Gasteiger partial charge in [0, 0.05) is 4.47 Å². The lowest BCUT2D eigenvalue weighted by atomic mass is 10.2. The first kappa shape index (κ1) is 10.9. The maximum Gasteiger partial charge on any atom is 0.0798 e. The first-order valence-corrected chi connectivity index (χ1v) is 8.28. The maximum atomic E-state index is 5.31. The lowest BCUT2D eigenvalue weighted by molar-refractivity contribution is 0.360. The zero-order valence-corrected chi connectivity index (χ0v) is 11.3. The van der Waals surface area contributed by atoms with E-state index in [0.717, 1.165) is 4.47 Å². The van der Waals surface area contributed by atoms with Crippen LogP contribution in [0.1, 0.15) is 11.1 Å². The third-order valence-electron chi connectivity index (χ3n) is 1.53. The van der Waals surface area contributed by atoms with E-state index in [1.807, 2.05) is 0 Å². The summed E-state index contributed by atoms with van der Waals surface area (Å²) in [5.74, 6) is 0. The number of hydrogen-bond acceptors (Lipinski definition) is 1. The van der Waals surface area contributed by atoms with Crippen LogP contribution in [-0.2, 0) is 11.1 Å². The Morgan fingerprint density at radius 1 is 1.58 bits per heavy atom. The molecular weight excluding hydrogens is 350 g/mol. The van der Waals surface area contributed by atoms with Gasteiger partial charge in [0.15, 0.2) is 0 Å². The molecule has 0 saturated carbocycles. The summed E-state index contributed by atoms with van der Waals surface area (Å²) in [6.45, 7) is 3.32. The van der Waals surface area contributed by atoms with Gasteiger partial charge in [-0.15, -0.1) is 0 Å². The molecule has 0 heterocycles. The Morgan fingerprint density at radius 2 is 2.33 bits per heavy atom. The van der Waals surface area contributed by atoms with Crippen molar-refractivity contribution < 1.29 is 4.52 Å². The summed E-state index contributed by atoms with van der Waals surface area (Å²) < 4.78 is 6.46. The molecule has 1 aromatic rings. The Kier molecular flexibility index (Phi) is 5.02. The quantitative estimate of drug-likeness (QED) is 0.580. The highest BCUT2D eigenvalue weighted by Gasteiger charge is 1.96. The van der Waals surface area contributed by atoms with Crippen molar-refractivity contribution in [2.75, 3.05) is 0 Å². The monoisotopic (exact) mass is 358 g/mol. The first-order valence-electron chi connectivity index (χ1n) is 3.46. The van der Waals surface area contributed by atoms with Crippen LogP contribution in [-0.4, -0.2) is 0 Å². The van der Waals surface area contributed by atoms with Crippen molar-refractivity contribution in [1.29, 1.82) is 0 Å². The molecule has 1 atom stereocenters. The lowest BCUT2D eigenvalue weighted by Gasteiger charge is -2.02. The van der Waals surface area contributed by atoms with Gasteiger partial charge in [0.25, 0.3) is 0 Å². The second-order valence-electron chi connectivity index (χ2n) is 2.45. The van der Waals surface area contributed by atoms with Gasteiger partial charge >= 0.3 is 0 Å². The van der Waals surface area contributed by atoms with Crippen molar-refractivity contribution in [1.82, 2.24) is 0 Å². The molecule has 0 amide bonds. The van der Waals surface area contributed by atoms with Gasteiger partial charge in [0.1, 0.15) is 0 Å². The maximum absolute atomic E-state index is 5.31. The molecule has 0 saturated heterocycles. The second kappa shape index (κ2) is 5.53. The van der Waals surface area contributed by atoms with Crippen molar-refractivity contribution >= 4 is 44.4 Å². The van der Waals surface area contributed by atoms with E-state index in [0.29, 0.717) is 13.1 Å². The Hall–Kier alpha value is 0.820. The van der Waals surface area contributed by atoms with E-state index >= 15 is 0 Å². The topological polar surface area (TPSA) is 9.23 Å². The van der Waals surface area contributed by atoms with Gasteiger partial charge < -0.3 is 4.52 Å². The number of benzene rings is 1. The summed E-state index contributed by atoms with van der Waals surface area (Å²) in [6, 6.07) is 6.29. The summed E-state index contributed by atoms with van der Waals surface area (Å²) in [7, 11) is 0. The standard InChI is InChI=1S/C8H9BrIOP/c1-6-2-3-7(4-8(6)9)5-11-12-10/h2-4,12H,5H2,1H3. The number of aryl methyl sites for hydroxylation is 1. The second-order valence-corrected chi connectivity index (χ2v) is 5.07. The molecule has 0 fully saturated rings. The van der Waals surface area contributed by atoms with Crippen LogP contribution in [0.15, 0.2) is 22.7 Å². The average molecular weight is 359 g/mol. The normalized spacial score (nSPS) is 11.2. The molecule has 0 aliphatic rings. The van der Waals surface area contributed by atoms with E-state index in [4.69, 9.17) is 4.52 Å². The van der Waals surface area contributed by atoms with Crippen LogP contribution in [0, 0.1) is 6.92 Å². The van der Waals surface area contributed by atoms with Crippen LogP contribution >= 0.6 is 44.4 Å². The average Bonchev–Trinajstić information content (AvgIpc) is 2.07. The third-order valence-corrected chi connectivity index (χ3v) is 3.57. The molecule has 66 valence electrons. The molecule has 4 heteroatoms. The molecule has 0 N–H and O–H groups in total.